The van der Waals surface area contributed by atoms with E-state index >= 15 is 0 Å². The van der Waals surface area contributed by atoms with Gasteiger partial charge in [0.05, 0.1) is 6.54 Å². The molecule has 146 valence electrons. The van der Waals surface area contributed by atoms with Crippen LogP contribution in [0.2, 0.25) is 0 Å². The molecule has 0 aliphatic heterocycles. The van der Waals surface area contributed by atoms with Gasteiger partial charge < -0.3 is 15.8 Å². The summed E-state index contributed by atoms with van der Waals surface area (Å²) in [5.41, 5.74) is 10.2. The average molecular weight is 492 g/mol. The highest BCUT2D eigenvalue weighted by Crippen LogP contribution is 2.20. The fraction of sp³-hybridized carbons (Fsp3) is 0.143. The monoisotopic (exact) mass is 492 g/mol. The molecule has 28 heavy (non-hydrogen) atoms. The van der Waals surface area contributed by atoms with Gasteiger partial charge in [-0.3, -0.25) is 0 Å². The Morgan fingerprint density at radius 2 is 1.82 bits per heavy atom. The molecule has 2 aromatic carbocycles. The Morgan fingerprint density at radius 3 is 2.54 bits per heavy atom. The summed E-state index contributed by atoms with van der Waals surface area (Å²) in [7, 11) is 0. The Labute approximate surface area is 180 Å². The lowest BCUT2D eigenvalue weighted by Crippen LogP contribution is -2.22. The van der Waals surface area contributed by atoms with Crippen LogP contribution in [0.4, 0.5) is 10.1 Å². The molecular formula is C21H22FIN4O. The van der Waals surface area contributed by atoms with Crippen LogP contribution in [-0.2, 0) is 6.54 Å². The molecule has 0 saturated carbocycles. The maximum Gasteiger partial charge on any atom is 0.219 e. The lowest BCUT2D eigenvalue weighted by atomic mass is 10.1. The molecule has 3 aromatic rings. The van der Waals surface area contributed by atoms with Crippen molar-refractivity contribution in [3.05, 3.63) is 83.3 Å². The first-order valence-corrected chi connectivity index (χ1v) is 8.52. The van der Waals surface area contributed by atoms with E-state index in [4.69, 9.17) is 10.5 Å². The van der Waals surface area contributed by atoms with Crippen molar-refractivity contribution in [1.29, 1.82) is 0 Å². The third-order valence-electron chi connectivity index (χ3n) is 4.05. The number of nitrogens with one attached hydrogen (secondary N) is 1. The Hall–Kier alpha value is -2.68. The summed E-state index contributed by atoms with van der Waals surface area (Å²) in [5, 5.41) is 3.09. The number of hydrogen-bond donors (Lipinski definition) is 2. The van der Waals surface area contributed by atoms with Crippen molar-refractivity contribution >= 4 is 35.6 Å². The van der Waals surface area contributed by atoms with Gasteiger partial charge in [-0.25, -0.2) is 14.4 Å². The van der Waals surface area contributed by atoms with Crippen LogP contribution >= 0.6 is 24.0 Å². The van der Waals surface area contributed by atoms with Gasteiger partial charge in [0.25, 0.3) is 0 Å². The smallest absolute Gasteiger partial charge is 0.219 e. The van der Waals surface area contributed by atoms with Crippen LogP contribution in [0, 0.1) is 19.7 Å². The number of aliphatic imine (C=N–C) groups is 1. The number of rotatable bonds is 5. The molecule has 3 N–H and O–H groups in total. The molecule has 0 amide bonds. The van der Waals surface area contributed by atoms with Gasteiger partial charge in [-0.1, -0.05) is 6.07 Å². The minimum absolute atomic E-state index is 0. The zero-order valence-electron chi connectivity index (χ0n) is 15.6. The molecule has 7 heteroatoms. The second kappa shape index (κ2) is 10.0. The topological polar surface area (TPSA) is 72.5 Å². The van der Waals surface area contributed by atoms with Crippen molar-refractivity contribution in [3.63, 3.8) is 0 Å². The molecule has 1 heterocycles. The molecule has 0 fully saturated rings. The zero-order valence-corrected chi connectivity index (χ0v) is 18.0. The number of ether oxygens (including phenoxy) is 1. The second-order valence-corrected chi connectivity index (χ2v) is 6.18. The summed E-state index contributed by atoms with van der Waals surface area (Å²) in [6, 6.07) is 15.4. The van der Waals surface area contributed by atoms with Gasteiger partial charge in [-0.2, -0.15) is 0 Å². The van der Waals surface area contributed by atoms with E-state index in [0.717, 1.165) is 11.3 Å². The summed E-state index contributed by atoms with van der Waals surface area (Å²) >= 11 is 0. The van der Waals surface area contributed by atoms with Gasteiger partial charge in [-0.05, 0) is 73.0 Å². The van der Waals surface area contributed by atoms with Crippen molar-refractivity contribution in [2.45, 2.75) is 20.4 Å². The van der Waals surface area contributed by atoms with Crippen LogP contribution in [0.5, 0.6) is 11.6 Å². The van der Waals surface area contributed by atoms with Gasteiger partial charge in [0.1, 0.15) is 11.6 Å². The van der Waals surface area contributed by atoms with Crippen LogP contribution < -0.4 is 15.8 Å². The number of aryl methyl sites for hydroxylation is 2. The third-order valence-corrected chi connectivity index (χ3v) is 4.05. The number of anilines is 1. The van der Waals surface area contributed by atoms with E-state index < -0.39 is 0 Å². The molecule has 3 rings (SSSR count). The molecule has 0 aliphatic carbocycles. The molecule has 0 radical (unpaired) electrons. The minimum atomic E-state index is -0.315. The first kappa shape index (κ1) is 21.6. The Balaban J connectivity index is 0.00000280. The van der Waals surface area contributed by atoms with Crippen LogP contribution in [0.3, 0.4) is 0 Å². The van der Waals surface area contributed by atoms with E-state index in [-0.39, 0.29) is 29.8 Å². The second-order valence-electron chi connectivity index (χ2n) is 6.18. The van der Waals surface area contributed by atoms with E-state index in [1.165, 1.54) is 23.3 Å². The van der Waals surface area contributed by atoms with Crippen molar-refractivity contribution < 1.29 is 9.13 Å². The van der Waals surface area contributed by atoms with Gasteiger partial charge in [0.15, 0.2) is 5.96 Å². The van der Waals surface area contributed by atoms with Crippen molar-refractivity contribution in [2.75, 3.05) is 5.32 Å². The summed E-state index contributed by atoms with van der Waals surface area (Å²) < 4.78 is 18.6. The molecule has 0 spiro atoms. The maximum atomic E-state index is 13.0. The first-order chi connectivity index (χ1) is 13.0. The number of aromatic nitrogens is 1. The lowest BCUT2D eigenvalue weighted by molar-refractivity contribution is 0.460. The Kier molecular flexibility index (Phi) is 7.74. The van der Waals surface area contributed by atoms with Crippen molar-refractivity contribution in [3.8, 4) is 11.6 Å². The average Bonchev–Trinajstić information content (AvgIpc) is 2.65. The van der Waals surface area contributed by atoms with E-state index in [1.54, 1.807) is 24.4 Å². The highest BCUT2D eigenvalue weighted by molar-refractivity contribution is 14.0. The molecular weight excluding hydrogens is 470 g/mol. The summed E-state index contributed by atoms with van der Waals surface area (Å²) in [6.07, 6.45) is 1.64. The van der Waals surface area contributed by atoms with Crippen LogP contribution in [0.15, 0.2) is 65.8 Å². The van der Waals surface area contributed by atoms with Crippen molar-refractivity contribution in [1.82, 2.24) is 4.98 Å². The molecule has 0 saturated heterocycles. The van der Waals surface area contributed by atoms with Gasteiger partial charge in [0.2, 0.25) is 5.88 Å². The number of hydrogen-bond acceptors (Lipinski definition) is 3. The molecule has 0 unspecified atom stereocenters. The number of guanidine groups is 1. The fourth-order valence-electron chi connectivity index (χ4n) is 2.41. The van der Waals surface area contributed by atoms with Crippen molar-refractivity contribution in [2.24, 2.45) is 10.7 Å². The minimum Gasteiger partial charge on any atom is -0.439 e. The molecule has 0 bridgehead atoms. The highest BCUT2D eigenvalue weighted by atomic mass is 127. The molecule has 1 aromatic heterocycles. The van der Waals surface area contributed by atoms with Crippen LogP contribution in [0.1, 0.15) is 16.7 Å². The zero-order chi connectivity index (χ0) is 19.2. The van der Waals surface area contributed by atoms with Gasteiger partial charge in [0, 0.05) is 18.0 Å². The SMILES string of the molecule is Cc1ccc(NC(N)=NCc2ccnc(Oc3ccc(F)cc3)c2)cc1C.I. The predicted octanol–water partition coefficient (Wildman–Crippen LogP) is 5.17. The predicted molar refractivity (Wildman–Crippen MR) is 121 cm³/mol. The van der Waals surface area contributed by atoms with Crippen LogP contribution in [-0.4, -0.2) is 10.9 Å². The van der Waals surface area contributed by atoms with Gasteiger partial charge in [-0.15, -0.1) is 24.0 Å². The molecule has 0 atom stereocenters. The normalized spacial score (nSPS) is 10.9. The summed E-state index contributed by atoms with van der Waals surface area (Å²) in [6.45, 7) is 4.49. The largest absolute Gasteiger partial charge is 0.439 e. The summed E-state index contributed by atoms with van der Waals surface area (Å²) in [5.74, 6) is 0.941. The quantitative estimate of drug-likeness (QED) is 0.293. The Morgan fingerprint density at radius 1 is 1.07 bits per heavy atom. The first-order valence-electron chi connectivity index (χ1n) is 8.52. The highest BCUT2D eigenvalue weighted by Gasteiger charge is 2.02. The number of benzene rings is 2. The van der Waals surface area contributed by atoms with Crippen LogP contribution in [0.25, 0.3) is 0 Å². The number of pyridine rings is 1. The van der Waals surface area contributed by atoms with E-state index in [1.807, 2.05) is 31.2 Å². The molecule has 0 aliphatic rings. The van der Waals surface area contributed by atoms with Gasteiger partial charge >= 0.3 is 0 Å². The standard InChI is InChI=1S/C21H21FN4O.HI/c1-14-3-6-18(11-15(14)2)26-21(23)25-13-16-9-10-24-20(12-16)27-19-7-4-17(22)5-8-19;/h3-12H,13H2,1-2H3,(H3,23,25,26);1H. The van der Waals surface area contributed by atoms with E-state index in [9.17, 15) is 4.39 Å². The van der Waals surface area contributed by atoms with E-state index in [2.05, 4.69) is 22.2 Å². The maximum absolute atomic E-state index is 13.0. The third kappa shape index (κ3) is 6.19. The number of nitrogens with zero attached hydrogens (tertiary/aromatic N) is 2. The number of nitrogens with two attached hydrogens (primary N) is 1. The summed E-state index contributed by atoms with van der Waals surface area (Å²) in [4.78, 5) is 8.51. The Bertz CT molecular complexity index is 961. The van der Waals surface area contributed by atoms with E-state index in [0.29, 0.717) is 24.1 Å². The fourth-order valence-corrected chi connectivity index (χ4v) is 2.41. The number of halogens is 2. The molecule has 5 nitrogen and oxygen atoms in total. The lowest BCUT2D eigenvalue weighted by Gasteiger charge is -2.08.